The molecule has 1 saturated heterocycles. The third-order valence-electron chi connectivity index (χ3n) is 3.03. The van der Waals surface area contributed by atoms with Crippen molar-refractivity contribution in [1.29, 1.82) is 0 Å². The molecule has 0 aromatic heterocycles. The average Bonchev–Trinajstić information content (AvgIpc) is 2.33. The molecule has 1 aromatic carbocycles. The molecule has 0 aliphatic carbocycles. The largest absolute Gasteiger partial charge is 0.335 e. The van der Waals surface area contributed by atoms with Crippen LogP contribution in [-0.2, 0) is 29.6 Å². The van der Waals surface area contributed by atoms with Crippen LogP contribution in [0.1, 0.15) is 19.4 Å². The van der Waals surface area contributed by atoms with Crippen LogP contribution >= 0.6 is 7.60 Å². The van der Waals surface area contributed by atoms with Crippen molar-refractivity contribution in [3.8, 4) is 0 Å². The van der Waals surface area contributed by atoms with Crippen molar-refractivity contribution < 1.29 is 22.0 Å². The Labute approximate surface area is 119 Å². The molecular weight excluding hydrogens is 299 g/mol. The first-order chi connectivity index (χ1) is 9.10. The molecule has 112 valence electrons. The fraction of sp³-hybridized carbons (Fsp3) is 0.538. The summed E-state index contributed by atoms with van der Waals surface area (Å²) in [6.45, 7) is 4.76. The molecule has 0 radical (unpaired) electrons. The van der Waals surface area contributed by atoms with E-state index in [4.69, 9.17) is 9.05 Å². The van der Waals surface area contributed by atoms with Gasteiger partial charge in [-0.2, -0.15) is 0 Å². The van der Waals surface area contributed by atoms with Gasteiger partial charge in [-0.3, -0.25) is 4.57 Å². The topological polar surface area (TPSA) is 69.7 Å². The number of benzene rings is 1. The summed E-state index contributed by atoms with van der Waals surface area (Å²) < 4.78 is 45.9. The van der Waals surface area contributed by atoms with Crippen LogP contribution in [0.15, 0.2) is 29.2 Å². The second kappa shape index (κ2) is 5.26. The summed E-state index contributed by atoms with van der Waals surface area (Å²) in [5.41, 5.74) is 0.606. The van der Waals surface area contributed by atoms with Crippen LogP contribution < -0.4 is 0 Å². The van der Waals surface area contributed by atoms with E-state index >= 15 is 0 Å². The molecule has 0 atom stereocenters. The molecule has 1 aliphatic heterocycles. The molecular formula is C13H19O5PS. The predicted molar refractivity (Wildman–Crippen MR) is 76.5 cm³/mol. The molecule has 1 aliphatic rings. The third kappa shape index (κ3) is 3.92. The lowest BCUT2D eigenvalue weighted by molar-refractivity contribution is 0.0409. The summed E-state index contributed by atoms with van der Waals surface area (Å²) in [5, 5.41) is 0. The molecule has 1 fully saturated rings. The highest BCUT2D eigenvalue weighted by atomic mass is 32.2. The first-order valence-electron chi connectivity index (χ1n) is 6.27. The summed E-state index contributed by atoms with van der Waals surface area (Å²) >= 11 is 0. The van der Waals surface area contributed by atoms with Gasteiger partial charge in [0.2, 0.25) is 0 Å². The van der Waals surface area contributed by atoms with E-state index in [2.05, 4.69) is 0 Å². The van der Waals surface area contributed by atoms with Gasteiger partial charge in [-0.1, -0.05) is 26.0 Å². The van der Waals surface area contributed by atoms with Crippen molar-refractivity contribution in [2.45, 2.75) is 24.9 Å². The Balaban J connectivity index is 2.09. The lowest BCUT2D eigenvalue weighted by Crippen LogP contribution is -2.29. The van der Waals surface area contributed by atoms with Crippen molar-refractivity contribution in [1.82, 2.24) is 0 Å². The van der Waals surface area contributed by atoms with Gasteiger partial charge >= 0.3 is 7.60 Å². The number of hydrogen-bond donors (Lipinski definition) is 0. The third-order valence-corrected chi connectivity index (χ3v) is 5.96. The van der Waals surface area contributed by atoms with Crippen LogP contribution in [0.4, 0.5) is 0 Å². The maximum atomic E-state index is 12.4. The number of rotatable bonds is 3. The molecule has 7 heteroatoms. The Kier molecular flexibility index (Phi) is 4.13. The normalized spacial score (nSPS) is 21.6. The molecule has 20 heavy (non-hydrogen) atoms. The van der Waals surface area contributed by atoms with E-state index < -0.39 is 17.4 Å². The summed E-state index contributed by atoms with van der Waals surface area (Å²) in [5.74, 6) is 0. The van der Waals surface area contributed by atoms with Crippen molar-refractivity contribution >= 4 is 17.4 Å². The first kappa shape index (κ1) is 15.7. The van der Waals surface area contributed by atoms with Crippen LogP contribution in [-0.4, -0.2) is 27.9 Å². The Morgan fingerprint density at radius 2 is 1.65 bits per heavy atom. The summed E-state index contributed by atoms with van der Waals surface area (Å²) in [6, 6.07) is 6.29. The van der Waals surface area contributed by atoms with Gasteiger partial charge in [0.1, 0.15) is 0 Å². The van der Waals surface area contributed by atoms with Crippen molar-refractivity contribution in [3.63, 3.8) is 0 Å². The number of hydrogen-bond acceptors (Lipinski definition) is 5. The first-order valence-corrected chi connectivity index (χ1v) is 9.89. The minimum atomic E-state index is -3.21. The zero-order valence-corrected chi connectivity index (χ0v) is 13.5. The van der Waals surface area contributed by atoms with Gasteiger partial charge in [0.25, 0.3) is 0 Å². The van der Waals surface area contributed by atoms with Crippen molar-refractivity contribution in [2.24, 2.45) is 5.41 Å². The average molecular weight is 318 g/mol. The Morgan fingerprint density at radius 1 is 1.15 bits per heavy atom. The minimum Gasteiger partial charge on any atom is -0.308 e. The molecule has 2 rings (SSSR count). The molecule has 0 spiro atoms. The van der Waals surface area contributed by atoms with Gasteiger partial charge in [0.15, 0.2) is 9.84 Å². The fourth-order valence-corrected chi connectivity index (χ4v) is 4.42. The van der Waals surface area contributed by atoms with Crippen LogP contribution in [0.5, 0.6) is 0 Å². The van der Waals surface area contributed by atoms with E-state index in [0.717, 1.165) is 11.8 Å². The summed E-state index contributed by atoms with van der Waals surface area (Å²) in [6.07, 6.45) is 1.31. The monoisotopic (exact) mass is 318 g/mol. The highest BCUT2D eigenvalue weighted by molar-refractivity contribution is 7.90. The lowest BCUT2D eigenvalue weighted by atomic mass is 9.97. The Bertz CT molecular complexity index is 619. The van der Waals surface area contributed by atoms with Gasteiger partial charge in [-0.05, 0) is 17.7 Å². The van der Waals surface area contributed by atoms with E-state index in [1.54, 1.807) is 12.1 Å². The quantitative estimate of drug-likeness (QED) is 0.802. The molecule has 0 saturated carbocycles. The van der Waals surface area contributed by atoms with Crippen LogP contribution in [0, 0.1) is 5.41 Å². The van der Waals surface area contributed by atoms with Gasteiger partial charge in [0.05, 0.1) is 24.3 Å². The van der Waals surface area contributed by atoms with E-state index in [1.807, 2.05) is 13.8 Å². The second-order valence-electron chi connectivity index (χ2n) is 5.90. The molecule has 0 amide bonds. The predicted octanol–water partition coefficient (Wildman–Crippen LogP) is 2.86. The highest BCUT2D eigenvalue weighted by Gasteiger charge is 2.36. The van der Waals surface area contributed by atoms with Crippen molar-refractivity contribution in [2.75, 3.05) is 19.5 Å². The molecule has 0 unspecified atom stereocenters. The minimum absolute atomic E-state index is 0.131. The standard InChI is InChI=1S/C13H19O5PS/c1-13(2)9-17-19(14,18-10-13)8-11-4-6-12(7-5-11)20(3,15)16/h4-7H,8-10H2,1-3H3. The summed E-state index contributed by atoms with van der Waals surface area (Å²) in [4.78, 5) is 0.242. The van der Waals surface area contributed by atoms with Crippen LogP contribution in [0.25, 0.3) is 0 Å². The Hall–Kier alpha value is -0.680. The van der Waals surface area contributed by atoms with E-state index in [0.29, 0.717) is 13.2 Å². The maximum Gasteiger partial charge on any atom is 0.335 e. The number of sulfone groups is 1. The molecule has 1 heterocycles. The maximum absolute atomic E-state index is 12.4. The Morgan fingerprint density at radius 3 is 2.10 bits per heavy atom. The SMILES string of the molecule is CC1(C)COP(=O)(Cc2ccc(S(C)(=O)=O)cc2)OC1. The zero-order valence-electron chi connectivity index (χ0n) is 11.8. The fourth-order valence-electron chi connectivity index (χ4n) is 1.78. The zero-order chi connectivity index (χ0) is 15.0. The van der Waals surface area contributed by atoms with E-state index in [1.165, 1.54) is 12.1 Å². The molecule has 5 nitrogen and oxygen atoms in total. The smallest absolute Gasteiger partial charge is 0.308 e. The highest BCUT2D eigenvalue weighted by Crippen LogP contribution is 2.56. The molecule has 0 bridgehead atoms. The van der Waals surface area contributed by atoms with Crippen LogP contribution in [0.2, 0.25) is 0 Å². The van der Waals surface area contributed by atoms with E-state index in [9.17, 15) is 13.0 Å². The van der Waals surface area contributed by atoms with Gasteiger partial charge in [-0.25, -0.2) is 8.42 Å². The van der Waals surface area contributed by atoms with Crippen LogP contribution in [0.3, 0.4) is 0 Å². The summed E-state index contributed by atoms with van der Waals surface area (Å²) in [7, 11) is -6.34. The van der Waals surface area contributed by atoms with E-state index in [-0.39, 0.29) is 16.5 Å². The molecule has 1 aromatic rings. The van der Waals surface area contributed by atoms with Gasteiger partial charge in [0, 0.05) is 11.7 Å². The van der Waals surface area contributed by atoms with Crippen molar-refractivity contribution in [3.05, 3.63) is 29.8 Å². The molecule has 0 N–H and O–H groups in total. The van der Waals surface area contributed by atoms with Gasteiger partial charge in [-0.15, -0.1) is 0 Å². The lowest BCUT2D eigenvalue weighted by Gasteiger charge is -2.34. The second-order valence-corrected chi connectivity index (χ2v) is 9.97. The van der Waals surface area contributed by atoms with Gasteiger partial charge < -0.3 is 9.05 Å².